The molecular formula is C19H26N2O6S2. The van der Waals surface area contributed by atoms with Crippen LogP contribution < -0.4 is 4.31 Å². The summed E-state index contributed by atoms with van der Waals surface area (Å²) in [6.45, 7) is 8.97. The first kappa shape index (κ1) is 23.1. The van der Waals surface area contributed by atoms with Gasteiger partial charge in [0, 0.05) is 22.6 Å². The van der Waals surface area contributed by atoms with E-state index < -0.39 is 31.9 Å². The fraction of sp³-hybridized carbons (Fsp3) is 0.474. The summed E-state index contributed by atoms with van der Waals surface area (Å²) < 4.78 is 52.2. The lowest BCUT2D eigenvalue weighted by molar-refractivity contribution is -0.120. The summed E-state index contributed by atoms with van der Waals surface area (Å²) >= 11 is 0. The van der Waals surface area contributed by atoms with Crippen LogP contribution in [-0.2, 0) is 24.8 Å². The molecule has 0 aliphatic rings. The van der Waals surface area contributed by atoms with Gasteiger partial charge in [0.2, 0.25) is 26.0 Å². The Morgan fingerprint density at radius 1 is 1.07 bits per heavy atom. The van der Waals surface area contributed by atoms with Crippen molar-refractivity contribution < 1.29 is 26.4 Å². The Balaban J connectivity index is 2.94. The van der Waals surface area contributed by atoms with E-state index in [-0.39, 0.29) is 45.1 Å². The molecule has 0 aliphatic carbocycles. The van der Waals surface area contributed by atoms with Gasteiger partial charge in [0.1, 0.15) is 0 Å². The normalized spacial score (nSPS) is 12.5. The highest BCUT2D eigenvalue weighted by Gasteiger charge is 2.31. The second-order valence-corrected chi connectivity index (χ2v) is 11.3. The zero-order valence-electron chi connectivity index (χ0n) is 17.4. The van der Waals surface area contributed by atoms with E-state index in [1.807, 2.05) is 0 Å². The average Bonchev–Trinajstić information content (AvgIpc) is 2.93. The number of nitrogens with zero attached hydrogens (tertiary/aromatic N) is 2. The Kier molecular flexibility index (Phi) is 6.29. The largest absolute Gasteiger partial charge is 0.294 e. The van der Waals surface area contributed by atoms with Gasteiger partial charge in [-0.3, -0.25) is 9.59 Å². The van der Waals surface area contributed by atoms with Crippen LogP contribution in [0.25, 0.3) is 10.9 Å². The Morgan fingerprint density at radius 2 is 1.66 bits per heavy atom. The summed E-state index contributed by atoms with van der Waals surface area (Å²) in [5.74, 6) is -1.99. The number of benzene rings is 1. The van der Waals surface area contributed by atoms with Crippen LogP contribution in [0.2, 0.25) is 0 Å². The average molecular weight is 443 g/mol. The first-order valence-corrected chi connectivity index (χ1v) is 12.5. The molecule has 8 nitrogen and oxygen atoms in total. The third kappa shape index (κ3) is 3.95. The third-order valence-electron chi connectivity index (χ3n) is 4.70. The number of anilines is 1. The zero-order chi connectivity index (χ0) is 22.3. The molecule has 2 rings (SSSR count). The van der Waals surface area contributed by atoms with E-state index in [0.29, 0.717) is 0 Å². The maximum absolute atomic E-state index is 12.7. The van der Waals surface area contributed by atoms with Crippen LogP contribution in [0.5, 0.6) is 0 Å². The molecule has 1 aromatic carbocycles. The lowest BCUT2D eigenvalue weighted by atomic mass is 10.1. The summed E-state index contributed by atoms with van der Waals surface area (Å²) in [7, 11) is -7.62. The second-order valence-electron chi connectivity index (χ2n) is 7.04. The molecule has 29 heavy (non-hydrogen) atoms. The quantitative estimate of drug-likeness (QED) is 0.610. The molecule has 0 saturated heterocycles. The number of hydrogen-bond donors (Lipinski definition) is 0. The van der Waals surface area contributed by atoms with Crippen molar-refractivity contribution in [2.24, 2.45) is 5.92 Å². The van der Waals surface area contributed by atoms with Crippen molar-refractivity contribution in [2.75, 3.05) is 15.8 Å². The molecule has 2 aromatic rings. The van der Waals surface area contributed by atoms with Gasteiger partial charge in [-0.2, -0.15) is 0 Å². The van der Waals surface area contributed by atoms with Crippen LogP contribution in [0.3, 0.4) is 0 Å². The summed E-state index contributed by atoms with van der Waals surface area (Å²) in [4.78, 5) is 24.9. The highest BCUT2D eigenvalue weighted by atomic mass is 32.2. The Hall–Kier alpha value is -2.20. The maximum Gasteiger partial charge on any atom is 0.243 e. The van der Waals surface area contributed by atoms with E-state index in [9.17, 15) is 26.4 Å². The highest BCUT2D eigenvalue weighted by molar-refractivity contribution is 7.93. The molecule has 0 atom stereocenters. The number of Topliss-reactive ketones (excluding diaryl/α,β-unsaturated/α-hetero) is 1. The number of hydrogen-bond acceptors (Lipinski definition) is 6. The zero-order valence-corrected chi connectivity index (χ0v) is 19.0. The van der Waals surface area contributed by atoms with Crippen LogP contribution in [-0.4, -0.2) is 44.0 Å². The summed E-state index contributed by atoms with van der Waals surface area (Å²) in [5.41, 5.74) is 0.784. The number of aromatic nitrogens is 1. The van der Waals surface area contributed by atoms with E-state index in [1.165, 1.54) is 45.9 Å². The van der Waals surface area contributed by atoms with Crippen LogP contribution in [0.1, 0.15) is 50.7 Å². The van der Waals surface area contributed by atoms with Gasteiger partial charge >= 0.3 is 0 Å². The number of carbonyl (C=O) groups excluding carboxylic acids is 2. The van der Waals surface area contributed by atoms with E-state index >= 15 is 0 Å². The Morgan fingerprint density at radius 3 is 2.10 bits per heavy atom. The second kappa shape index (κ2) is 7.91. The molecule has 0 spiro atoms. The number of fused-ring (bicyclic) bond motifs is 1. The van der Waals surface area contributed by atoms with Crippen LogP contribution in [0.15, 0.2) is 18.2 Å². The number of rotatable bonds is 7. The SMILES string of the molecule is CCS(=O)(=O)N(C(=O)C(C)C)c1ccc2c(c1)c(C(C)=O)c(C)n2S(=O)(=O)CC. The van der Waals surface area contributed by atoms with E-state index in [4.69, 9.17) is 0 Å². The number of carbonyl (C=O) groups is 2. The molecular weight excluding hydrogens is 416 g/mol. The van der Waals surface area contributed by atoms with Gasteiger partial charge in [0.05, 0.1) is 22.7 Å². The molecule has 0 N–H and O–H groups in total. The van der Waals surface area contributed by atoms with Gasteiger partial charge < -0.3 is 0 Å². The van der Waals surface area contributed by atoms with Crippen molar-refractivity contribution in [3.05, 3.63) is 29.5 Å². The van der Waals surface area contributed by atoms with Gasteiger partial charge in [-0.25, -0.2) is 25.1 Å². The van der Waals surface area contributed by atoms with Crippen molar-refractivity contribution >= 4 is 48.3 Å². The molecule has 0 bridgehead atoms. The summed E-state index contributed by atoms with van der Waals surface area (Å²) in [6, 6.07) is 4.22. The molecule has 0 saturated carbocycles. The predicted molar refractivity (Wildman–Crippen MR) is 113 cm³/mol. The highest BCUT2D eigenvalue weighted by Crippen LogP contribution is 2.33. The van der Waals surface area contributed by atoms with Gasteiger partial charge in [0.25, 0.3) is 0 Å². The minimum absolute atomic E-state index is 0.0756. The van der Waals surface area contributed by atoms with Crippen molar-refractivity contribution in [1.29, 1.82) is 0 Å². The smallest absolute Gasteiger partial charge is 0.243 e. The van der Waals surface area contributed by atoms with Crippen molar-refractivity contribution in [2.45, 2.75) is 41.5 Å². The van der Waals surface area contributed by atoms with Crippen LogP contribution in [0, 0.1) is 12.8 Å². The number of sulfonamides is 1. The van der Waals surface area contributed by atoms with Gasteiger partial charge in [-0.15, -0.1) is 0 Å². The molecule has 0 radical (unpaired) electrons. The maximum atomic E-state index is 12.7. The molecule has 0 fully saturated rings. The summed E-state index contributed by atoms with van der Waals surface area (Å²) in [6.07, 6.45) is 0. The van der Waals surface area contributed by atoms with Crippen LogP contribution in [0.4, 0.5) is 5.69 Å². The lowest BCUT2D eigenvalue weighted by Crippen LogP contribution is -2.40. The molecule has 10 heteroatoms. The molecule has 1 aromatic heterocycles. The van der Waals surface area contributed by atoms with Crippen molar-refractivity contribution in [1.82, 2.24) is 3.97 Å². The number of ketones is 1. The Labute approximate surface area is 171 Å². The fourth-order valence-corrected chi connectivity index (χ4v) is 5.63. The minimum Gasteiger partial charge on any atom is -0.294 e. The van der Waals surface area contributed by atoms with Crippen molar-refractivity contribution in [3.8, 4) is 0 Å². The topological polar surface area (TPSA) is 111 Å². The van der Waals surface area contributed by atoms with Gasteiger partial charge in [0.15, 0.2) is 5.78 Å². The Bertz CT molecular complexity index is 1190. The minimum atomic E-state index is -3.92. The monoisotopic (exact) mass is 442 g/mol. The standard InChI is InChI=1S/C19H26N2O6S2/c1-7-28(24,25)20-13(5)18(14(6)22)16-11-15(9-10-17(16)20)21(19(23)12(3)4)29(26,27)8-2/h9-12H,7-8H2,1-6H3. The fourth-order valence-electron chi connectivity index (χ4n) is 3.23. The summed E-state index contributed by atoms with van der Waals surface area (Å²) in [5, 5.41) is 0.289. The van der Waals surface area contributed by atoms with Crippen molar-refractivity contribution in [3.63, 3.8) is 0 Å². The predicted octanol–water partition coefficient (Wildman–Crippen LogP) is 2.69. The van der Waals surface area contributed by atoms with Gasteiger partial charge in [-0.1, -0.05) is 13.8 Å². The molecule has 0 aliphatic heterocycles. The number of amides is 1. The van der Waals surface area contributed by atoms with Crippen LogP contribution >= 0.6 is 0 Å². The van der Waals surface area contributed by atoms with E-state index in [2.05, 4.69) is 0 Å². The van der Waals surface area contributed by atoms with Gasteiger partial charge in [-0.05, 0) is 45.9 Å². The molecule has 1 amide bonds. The van der Waals surface area contributed by atoms with E-state index in [1.54, 1.807) is 13.8 Å². The van der Waals surface area contributed by atoms with E-state index in [0.717, 1.165) is 8.28 Å². The first-order chi connectivity index (χ1) is 13.3. The molecule has 0 unspecified atom stereocenters. The lowest BCUT2D eigenvalue weighted by Gasteiger charge is -2.24. The third-order valence-corrected chi connectivity index (χ3v) is 8.13. The molecule has 160 valence electrons. The molecule has 1 heterocycles. The first-order valence-electron chi connectivity index (χ1n) is 9.26.